The quantitative estimate of drug-likeness (QED) is 0.885. The highest BCUT2D eigenvalue weighted by Gasteiger charge is 2.15. The van der Waals surface area contributed by atoms with E-state index in [1.165, 1.54) is 12.3 Å². The Kier molecular flexibility index (Phi) is 3.72. The number of H-pyrrole nitrogens is 1. The summed E-state index contributed by atoms with van der Waals surface area (Å²) >= 11 is 3.28. The standard InChI is InChI=1S/C11H10BrN3O3S/c1-7-4-10(13-6-9(7)12)15-19(17,18)8-2-3-11(16)14-5-8/h2-6H,1H3,(H,13,15)(H,14,16). The van der Waals surface area contributed by atoms with Gasteiger partial charge in [0.15, 0.2) is 0 Å². The highest BCUT2D eigenvalue weighted by molar-refractivity contribution is 9.10. The van der Waals surface area contributed by atoms with Crippen LogP contribution in [0.3, 0.4) is 0 Å². The predicted octanol–water partition coefficient (Wildman–Crippen LogP) is 1.64. The molecule has 0 aromatic carbocycles. The van der Waals surface area contributed by atoms with Crippen LogP contribution in [0.1, 0.15) is 5.56 Å². The fourth-order valence-corrected chi connectivity index (χ4v) is 2.54. The number of pyridine rings is 2. The van der Waals surface area contributed by atoms with Crippen LogP contribution in [0, 0.1) is 6.92 Å². The number of rotatable bonds is 3. The Bertz CT molecular complexity index is 751. The van der Waals surface area contributed by atoms with E-state index < -0.39 is 10.0 Å². The first kappa shape index (κ1) is 13.8. The van der Waals surface area contributed by atoms with E-state index in [0.717, 1.165) is 22.3 Å². The number of aromatic nitrogens is 2. The van der Waals surface area contributed by atoms with Gasteiger partial charge >= 0.3 is 0 Å². The van der Waals surface area contributed by atoms with Gasteiger partial charge < -0.3 is 4.98 Å². The Hall–Kier alpha value is -1.67. The van der Waals surface area contributed by atoms with E-state index in [0.29, 0.717) is 0 Å². The fraction of sp³-hybridized carbons (Fsp3) is 0.0909. The van der Waals surface area contributed by atoms with Crippen molar-refractivity contribution in [3.63, 3.8) is 0 Å². The molecule has 2 N–H and O–H groups in total. The maximum Gasteiger partial charge on any atom is 0.264 e. The molecule has 0 atom stereocenters. The maximum absolute atomic E-state index is 12.0. The molecule has 0 radical (unpaired) electrons. The zero-order chi connectivity index (χ0) is 14.0. The Morgan fingerprint density at radius 1 is 1.37 bits per heavy atom. The second kappa shape index (κ2) is 5.14. The van der Waals surface area contributed by atoms with Gasteiger partial charge in [-0.15, -0.1) is 0 Å². The van der Waals surface area contributed by atoms with Gasteiger partial charge in [-0.3, -0.25) is 9.52 Å². The maximum atomic E-state index is 12.0. The molecular weight excluding hydrogens is 334 g/mol. The average Bonchev–Trinajstić information content (AvgIpc) is 2.34. The van der Waals surface area contributed by atoms with Crippen LogP contribution in [0.25, 0.3) is 0 Å². The normalized spacial score (nSPS) is 11.3. The average molecular weight is 344 g/mol. The van der Waals surface area contributed by atoms with E-state index in [-0.39, 0.29) is 16.3 Å². The van der Waals surface area contributed by atoms with Crippen LogP contribution >= 0.6 is 15.9 Å². The largest absolute Gasteiger partial charge is 0.328 e. The van der Waals surface area contributed by atoms with Crippen LogP contribution in [0.15, 0.2) is 44.8 Å². The Morgan fingerprint density at radius 3 is 2.68 bits per heavy atom. The summed E-state index contributed by atoms with van der Waals surface area (Å²) in [6.07, 6.45) is 2.65. The number of halogens is 1. The van der Waals surface area contributed by atoms with Crippen molar-refractivity contribution in [2.75, 3.05) is 4.72 Å². The molecule has 8 heteroatoms. The van der Waals surface area contributed by atoms with Gasteiger partial charge in [0.25, 0.3) is 10.0 Å². The number of anilines is 1. The van der Waals surface area contributed by atoms with Crippen molar-refractivity contribution in [3.8, 4) is 0 Å². The molecule has 2 aromatic rings. The molecule has 0 aliphatic rings. The van der Waals surface area contributed by atoms with Gasteiger partial charge in [-0.25, -0.2) is 13.4 Å². The lowest BCUT2D eigenvalue weighted by molar-refractivity contribution is 0.600. The van der Waals surface area contributed by atoms with Gasteiger partial charge in [0.2, 0.25) is 5.56 Å². The van der Waals surface area contributed by atoms with Crippen molar-refractivity contribution in [2.45, 2.75) is 11.8 Å². The second-order valence-electron chi connectivity index (χ2n) is 3.81. The highest BCUT2D eigenvalue weighted by Crippen LogP contribution is 2.19. The van der Waals surface area contributed by atoms with Gasteiger partial charge in [0.1, 0.15) is 10.7 Å². The fourth-order valence-electron chi connectivity index (χ4n) is 1.36. The molecule has 0 saturated carbocycles. The molecule has 0 amide bonds. The molecule has 2 rings (SSSR count). The SMILES string of the molecule is Cc1cc(NS(=O)(=O)c2ccc(=O)[nH]c2)ncc1Br. The van der Waals surface area contributed by atoms with Gasteiger partial charge in [-0.05, 0) is 40.5 Å². The van der Waals surface area contributed by atoms with E-state index in [2.05, 4.69) is 30.6 Å². The first-order chi connectivity index (χ1) is 8.88. The zero-order valence-corrected chi connectivity index (χ0v) is 12.2. The highest BCUT2D eigenvalue weighted by atomic mass is 79.9. The number of hydrogen-bond donors (Lipinski definition) is 2. The Labute approximate surface area is 118 Å². The van der Waals surface area contributed by atoms with Crippen molar-refractivity contribution in [1.82, 2.24) is 9.97 Å². The van der Waals surface area contributed by atoms with Crippen LogP contribution in [0.2, 0.25) is 0 Å². The summed E-state index contributed by atoms with van der Waals surface area (Å²) in [5, 5.41) is 0. The molecule has 2 heterocycles. The van der Waals surface area contributed by atoms with Gasteiger partial charge in [0.05, 0.1) is 0 Å². The number of hydrogen-bond acceptors (Lipinski definition) is 4. The molecule has 0 saturated heterocycles. The second-order valence-corrected chi connectivity index (χ2v) is 6.35. The number of aryl methyl sites for hydroxylation is 1. The summed E-state index contributed by atoms with van der Waals surface area (Å²) in [5.74, 6) is 0.215. The molecule has 0 aliphatic heterocycles. The molecule has 100 valence electrons. The number of nitrogens with zero attached hydrogens (tertiary/aromatic N) is 1. The number of sulfonamides is 1. The molecule has 0 unspecified atom stereocenters. The molecule has 0 fully saturated rings. The minimum Gasteiger partial charge on any atom is -0.328 e. The van der Waals surface area contributed by atoms with Crippen LogP contribution in [-0.4, -0.2) is 18.4 Å². The van der Waals surface area contributed by atoms with Crippen LogP contribution in [0.5, 0.6) is 0 Å². The van der Waals surface area contributed by atoms with Crippen molar-refractivity contribution < 1.29 is 8.42 Å². The van der Waals surface area contributed by atoms with E-state index in [1.54, 1.807) is 6.07 Å². The first-order valence-electron chi connectivity index (χ1n) is 5.22. The summed E-state index contributed by atoms with van der Waals surface area (Å²) in [6.45, 7) is 1.82. The molecule has 19 heavy (non-hydrogen) atoms. The monoisotopic (exact) mass is 343 g/mol. The lowest BCUT2D eigenvalue weighted by Gasteiger charge is -2.08. The molecule has 0 aliphatic carbocycles. The molecule has 0 bridgehead atoms. The Morgan fingerprint density at radius 2 is 2.11 bits per heavy atom. The van der Waals surface area contributed by atoms with Gasteiger partial charge in [-0.2, -0.15) is 0 Å². The van der Waals surface area contributed by atoms with E-state index >= 15 is 0 Å². The van der Waals surface area contributed by atoms with E-state index in [4.69, 9.17) is 0 Å². The smallest absolute Gasteiger partial charge is 0.264 e. The first-order valence-corrected chi connectivity index (χ1v) is 7.50. The summed E-state index contributed by atoms with van der Waals surface area (Å²) in [6, 6.07) is 3.98. The van der Waals surface area contributed by atoms with Gasteiger partial charge in [0, 0.05) is 22.9 Å². The topological polar surface area (TPSA) is 91.9 Å². The summed E-state index contributed by atoms with van der Waals surface area (Å²) in [4.78, 5) is 17.1. The van der Waals surface area contributed by atoms with E-state index in [1.807, 2.05) is 6.92 Å². The lowest BCUT2D eigenvalue weighted by atomic mass is 10.3. The van der Waals surface area contributed by atoms with Crippen LogP contribution < -0.4 is 10.3 Å². The minimum absolute atomic E-state index is 0.0329. The van der Waals surface area contributed by atoms with Crippen LogP contribution in [0.4, 0.5) is 5.82 Å². The van der Waals surface area contributed by atoms with E-state index in [9.17, 15) is 13.2 Å². The van der Waals surface area contributed by atoms with Crippen LogP contribution in [-0.2, 0) is 10.0 Å². The van der Waals surface area contributed by atoms with Crippen molar-refractivity contribution in [2.24, 2.45) is 0 Å². The molecule has 2 aromatic heterocycles. The summed E-state index contributed by atoms with van der Waals surface area (Å²) < 4.78 is 27.2. The van der Waals surface area contributed by atoms with Gasteiger partial charge in [-0.1, -0.05) is 0 Å². The van der Waals surface area contributed by atoms with Crippen molar-refractivity contribution in [1.29, 1.82) is 0 Å². The third-order valence-corrected chi connectivity index (χ3v) is 4.53. The molecular formula is C11H10BrN3O3S. The Balaban J connectivity index is 2.33. The van der Waals surface area contributed by atoms with Crippen molar-refractivity contribution >= 4 is 31.8 Å². The van der Waals surface area contributed by atoms with Crippen molar-refractivity contribution in [3.05, 3.63) is 51.0 Å². The third-order valence-electron chi connectivity index (χ3n) is 2.35. The zero-order valence-electron chi connectivity index (χ0n) is 9.84. The summed E-state index contributed by atoms with van der Waals surface area (Å²) in [5.41, 5.74) is 0.491. The number of nitrogens with one attached hydrogen (secondary N) is 2. The lowest BCUT2D eigenvalue weighted by Crippen LogP contribution is -2.16. The minimum atomic E-state index is -3.76. The summed E-state index contributed by atoms with van der Waals surface area (Å²) in [7, 11) is -3.76. The number of aromatic amines is 1. The third kappa shape index (κ3) is 3.21. The molecule has 0 spiro atoms. The molecule has 6 nitrogen and oxygen atoms in total. The predicted molar refractivity (Wildman–Crippen MR) is 74.5 cm³/mol.